The molecule has 0 fully saturated rings. The number of benzene rings is 2. The summed E-state index contributed by atoms with van der Waals surface area (Å²) in [6, 6.07) is 10.7. The molecule has 6 nitrogen and oxygen atoms in total. The van der Waals surface area contributed by atoms with Gasteiger partial charge in [-0.2, -0.15) is 0 Å². The summed E-state index contributed by atoms with van der Waals surface area (Å²) in [7, 11) is 3.18. The Balaban J connectivity index is 1.76. The van der Waals surface area contributed by atoms with E-state index in [1.807, 2.05) is 11.9 Å². The van der Waals surface area contributed by atoms with Gasteiger partial charge < -0.3 is 14.4 Å². The molecule has 1 heterocycles. The highest BCUT2D eigenvalue weighted by Gasteiger charge is 2.15. The molecule has 0 aliphatic heterocycles. The molecule has 1 aromatic heterocycles. The lowest BCUT2D eigenvalue weighted by molar-refractivity contribution is -0.140. The Labute approximate surface area is 159 Å². The third kappa shape index (κ3) is 4.40. The molecule has 27 heavy (non-hydrogen) atoms. The van der Waals surface area contributed by atoms with Crippen LogP contribution in [0.2, 0.25) is 0 Å². The minimum Gasteiger partial charge on any atom is -0.469 e. The van der Waals surface area contributed by atoms with Crippen LogP contribution in [0.4, 0.5) is 9.52 Å². The third-order valence-corrected chi connectivity index (χ3v) is 4.99. The van der Waals surface area contributed by atoms with Crippen molar-refractivity contribution in [2.45, 2.75) is 6.42 Å². The Bertz CT molecular complexity index is 989. The molecule has 0 unspecified atom stereocenters. The molecular formula is C19H17FN2O4S. The molecule has 0 N–H and O–H groups in total. The fourth-order valence-electron chi connectivity index (χ4n) is 2.35. The lowest BCUT2D eigenvalue weighted by Crippen LogP contribution is -2.21. The van der Waals surface area contributed by atoms with Crippen LogP contribution in [0.3, 0.4) is 0 Å². The van der Waals surface area contributed by atoms with E-state index in [1.54, 1.807) is 24.3 Å². The first-order valence-corrected chi connectivity index (χ1v) is 8.95. The largest absolute Gasteiger partial charge is 0.469 e. The van der Waals surface area contributed by atoms with E-state index in [0.29, 0.717) is 17.2 Å². The van der Waals surface area contributed by atoms with Gasteiger partial charge >= 0.3 is 11.9 Å². The zero-order valence-electron chi connectivity index (χ0n) is 14.8. The average molecular weight is 388 g/mol. The SMILES string of the molecule is COC(=O)CCN(C)c1nc2ccc(C(=O)Oc3ccccc3F)cc2s1. The highest BCUT2D eigenvalue weighted by molar-refractivity contribution is 7.22. The van der Waals surface area contributed by atoms with Crippen molar-refractivity contribution in [3.63, 3.8) is 0 Å². The predicted octanol–water partition coefficient (Wildman–Crippen LogP) is 3.65. The number of anilines is 1. The van der Waals surface area contributed by atoms with Gasteiger partial charge in [-0.3, -0.25) is 4.79 Å². The molecule has 0 saturated carbocycles. The van der Waals surface area contributed by atoms with Gasteiger partial charge in [-0.05, 0) is 30.3 Å². The van der Waals surface area contributed by atoms with E-state index >= 15 is 0 Å². The second-order valence-electron chi connectivity index (χ2n) is 5.75. The minimum absolute atomic E-state index is 0.116. The summed E-state index contributed by atoms with van der Waals surface area (Å²) in [6.07, 6.45) is 0.253. The van der Waals surface area contributed by atoms with Crippen LogP contribution in [0, 0.1) is 5.82 Å². The fraction of sp³-hybridized carbons (Fsp3) is 0.211. The van der Waals surface area contributed by atoms with E-state index < -0.39 is 11.8 Å². The van der Waals surface area contributed by atoms with Gasteiger partial charge in [0.2, 0.25) is 0 Å². The number of carbonyl (C=O) groups excluding carboxylic acids is 2. The predicted molar refractivity (Wildman–Crippen MR) is 101 cm³/mol. The molecular weight excluding hydrogens is 371 g/mol. The minimum atomic E-state index is -0.643. The van der Waals surface area contributed by atoms with Crippen molar-refractivity contribution in [2.75, 3.05) is 25.6 Å². The van der Waals surface area contributed by atoms with Gasteiger partial charge in [0.05, 0.1) is 29.3 Å². The number of thiazole rings is 1. The molecule has 0 amide bonds. The second kappa shape index (κ2) is 8.13. The summed E-state index contributed by atoms with van der Waals surface area (Å²) < 4.78 is 24.2. The van der Waals surface area contributed by atoms with Gasteiger partial charge in [0, 0.05) is 13.6 Å². The van der Waals surface area contributed by atoms with Crippen molar-refractivity contribution in [2.24, 2.45) is 0 Å². The Hall–Kier alpha value is -3.00. The smallest absolute Gasteiger partial charge is 0.343 e. The monoisotopic (exact) mass is 388 g/mol. The molecule has 0 atom stereocenters. The first-order valence-electron chi connectivity index (χ1n) is 8.13. The van der Waals surface area contributed by atoms with Crippen LogP contribution in [-0.2, 0) is 9.53 Å². The van der Waals surface area contributed by atoms with Crippen molar-refractivity contribution in [1.29, 1.82) is 0 Å². The van der Waals surface area contributed by atoms with E-state index in [2.05, 4.69) is 9.72 Å². The Morgan fingerprint density at radius 2 is 2.00 bits per heavy atom. The molecule has 0 bridgehead atoms. The molecule has 140 valence electrons. The van der Waals surface area contributed by atoms with Crippen LogP contribution >= 0.6 is 11.3 Å². The number of para-hydroxylation sites is 1. The number of rotatable bonds is 6. The number of nitrogens with zero attached hydrogens (tertiary/aromatic N) is 2. The van der Waals surface area contributed by atoms with E-state index in [9.17, 15) is 14.0 Å². The average Bonchev–Trinajstić information content (AvgIpc) is 3.10. The first kappa shape index (κ1) is 18.8. The van der Waals surface area contributed by atoms with Crippen molar-refractivity contribution >= 4 is 38.6 Å². The number of hydrogen-bond donors (Lipinski definition) is 0. The number of fused-ring (bicyclic) bond motifs is 1. The van der Waals surface area contributed by atoms with Crippen LogP contribution < -0.4 is 9.64 Å². The van der Waals surface area contributed by atoms with Crippen LogP contribution in [0.25, 0.3) is 10.2 Å². The van der Waals surface area contributed by atoms with Gasteiger partial charge in [-0.25, -0.2) is 14.2 Å². The maximum atomic E-state index is 13.6. The van der Waals surface area contributed by atoms with Crippen molar-refractivity contribution in [3.05, 3.63) is 53.8 Å². The van der Waals surface area contributed by atoms with Gasteiger partial charge in [0.1, 0.15) is 0 Å². The number of hydrogen-bond acceptors (Lipinski definition) is 7. The highest BCUT2D eigenvalue weighted by Crippen LogP contribution is 2.29. The van der Waals surface area contributed by atoms with E-state index in [-0.39, 0.29) is 18.1 Å². The third-order valence-electron chi connectivity index (χ3n) is 3.86. The number of ether oxygens (including phenoxy) is 2. The standard InChI is InChI=1S/C19H17FN2O4S/c1-22(10-9-17(23)25-2)19-21-14-8-7-12(11-16(14)27-19)18(24)26-15-6-4-3-5-13(15)20/h3-8,11H,9-10H2,1-2H3. The van der Waals surface area contributed by atoms with E-state index in [1.165, 1.54) is 36.6 Å². The molecule has 3 rings (SSSR count). The summed E-state index contributed by atoms with van der Waals surface area (Å²) in [4.78, 5) is 29.9. The molecule has 2 aromatic carbocycles. The molecule has 0 aliphatic carbocycles. The summed E-state index contributed by atoms with van der Waals surface area (Å²) >= 11 is 1.39. The maximum absolute atomic E-state index is 13.6. The number of carbonyl (C=O) groups is 2. The normalized spacial score (nSPS) is 10.6. The lowest BCUT2D eigenvalue weighted by Gasteiger charge is -2.14. The van der Waals surface area contributed by atoms with Crippen molar-refractivity contribution < 1.29 is 23.5 Å². The second-order valence-corrected chi connectivity index (χ2v) is 6.76. The van der Waals surface area contributed by atoms with Crippen LogP contribution in [0.15, 0.2) is 42.5 Å². The summed E-state index contributed by atoms with van der Waals surface area (Å²) in [5, 5.41) is 0.716. The first-order chi connectivity index (χ1) is 13.0. The van der Waals surface area contributed by atoms with Crippen molar-refractivity contribution in [3.8, 4) is 5.75 Å². The lowest BCUT2D eigenvalue weighted by atomic mass is 10.2. The zero-order chi connectivity index (χ0) is 19.4. The van der Waals surface area contributed by atoms with Gasteiger partial charge in [-0.1, -0.05) is 23.5 Å². The Morgan fingerprint density at radius 3 is 2.74 bits per heavy atom. The number of methoxy groups -OCH3 is 1. The van der Waals surface area contributed by atoms with Gasteiger partial charge in [0.15, 0.2) is 16.7 Å². The topological polar surface area (TPSA) is 68.7 Å². The Morgan fingerprint density at radius 1 is 1.22 bits per heavy atom. The van der Waals surface area contributed by atoms with Crippen molar-refractivity contribution in [1.82, 2.24) is 4.98 Å². The summed E-state index contributed by atoms with van der Waals surface area (Å²) in [5.41, 5.74) is 1.03. The van der Waals surface area contributed by atoms with Crippen LogP contribution in [0.5, 0.6) is 5.75 Å². The number of halogens is 1. The molecule has 0 saturated heterocycles. The van der Waals surface area contributed by atoms with Crippen LogP contribution in [0.1, 0.15) is 16.8 Å². The van der Waals surface area contributed by atoms with E-state index in [0.717, 1.165) is 10.2 Å². The fourth-order valence-corrected chi connectivity index (χ4v) is 3.34. The molecule has 3 aromatic rings. The zero-order valence-corrected chi connectivity index (χ0v) is 15.6. The molecule has 0 spiro atoms. The molecule has 0 radical (unpaired) electrons. The van der Waals surface area contributed by atoms with Crippen LogP contribution in [-0.4, -0.2) is 37.6 Å². The highest BCUT2D eigenvalue weighted by atomic mass is 32.1. The Kier molecular flexibility index (Phi) is 5.66. The molecule has 8 heteroatoms. The number of esters is 2. The number of aromatic nitrogens is 1. The summed E-state index contributed by atoms with van der Waals surface area (Å²) in [6.45, 7) is 0.467. The van der Waals surface area contributed by atoms with Gasteiger partial charge in [0.25, 0.3) is 0 Å². The quantitative estimate of drug-likeness (QED) is 0.474. The molecule has 0 aliphatic rings. The van der Waals surface area contributed by atoms with Gasteiger partial charge in [-0.15, -0.1) is 0 Å². The van der Waals surface area contributed by atoms with E-state index in [4.69, 9.17) is 4.74 Å². The summed E-state index contributed by atoms with van der Waals surface area (Å²) in [5.74, 6) is -1.65. The maximum Gasteiger partial charge on any atom is 0.343 e.